The third kappa shape index (κ3) is 5.45. The zero-order valence-corrected chi connectivity index (χ0v) is 27.2. The van der Waals surface area contributed by atoms with Crippen LogP contribution < -0.4 is 20.7 Å². The van der Waals surface area contributed by atoms with Crippen molar-refractivity contribution < 1.29 is 13.1 Å². The zero-order valence-electron chi connectivity index (χ0n) is 26.3. The number of nitrogens with zero attached hydrogens (tertiary/aromatic N) is 3. The van der Waals surface area contributed by atoms with Gasteiger partial charge in [0.15, 0.2) is 0 Å². The van der Waals surface area contributed by atoms with E-state index in [1.54, 1.807) is 77.1 Å². The maximum absolute atomic E-state index is 18.7. The van der Waals surface area contributed by atoms with Gasteiger partial charge in [-0.3, -0.25) is 0 Å². The van der Waals surface area contributed by atoms with E-state index in [1.165, 1.54) is 16.7 Å². The van der Waals surface area contributed by atoms with Gasteiger partial charge in [-0.1, -0.05) is 0 Å². The Morgan fingerprint density at radius 3 is 1.53 bits per heavy atom. The number of halogens is 2. The van der Waals surface area contributed by atoms with E-state index in [9.17, 15) is 0 Å². The van der Waals surface area contributed by atoms with Gasteiger partial charge in [0.1, 0.15) is 0 Å². The Bertz CT molecular complexity index is 1640. The molecule has 3 nitrogen and oxygen atoms in total. The molecule has 4 aromatic carbocycles. The quantitative estimate of drug-likeness (QED) is 0.123. The molecule has 1 heterocycles. The van der Waals surface area contributed by atoms with Crippen molar-refractivity contribution in [2.75, 3.05) is 0 Å². The molecule has 0 aliphatic carbocycles. The molecule has 0 N–H and O–H groups in total. The van der Waals surface area contributed by atoms with Crippen molar-refractivity contribution in [3.63, 3.8) is 0 Å². The van der Waals surface area contributed by atoms with E-state index in [0.29, 0.717) is 17.2 Å². The molecule has 0 aliphatic rings. The molecule has 1 aromatic heterocycles. The van der Waals surface area contributed by atoms with Crippen molar-refractivity contribution in [2.45, 2.75) is 65.8 Å². The van der Waals surface area contributed by atoms with Gasteiger partial charge in [0.2, 0.25) is 0 Å². The van der Waals surface area contributed by atoms with Crippen molar-refractivity contribution in [2.24, 2.45) is 7.05 Å². The average Bonchev–Trinajstić information content (AvgIpc) is 3.34. The molecule has 0 saturated carbocycles. The molecule has 224 valence electrons. The first-order valence-electron chi connectivity index (χ1n) is 15.2. The topological polar surface area (TPSA) is 21.7 Å². The summed E-state index contributed by atoms with van der Waals surface area (Å²) in [4.78, 5) is 0. The molecule has 5 aromatic rings. The van der Waals surface area contributed by atoms with Crippen LogP contribution >= 0.6 is 7.22 Å². The summed E-state index contributed by atoms with van der Waals surface area (Å²) in [7, 11) is -4.26. The average molecular weight is 599 g/mol. The van der Waals surface area contributed by atoms with Gasteiger partial charge in [-0.2, -0.15) is 0 Å². The molecule has 0 radical (unpaired) electrons. The van der Waals surface area contributed by atoms with Crippen molar-refractivity contribution in [3.8, 4) is 11.3 Å². The fourth-order valence-corrected chi connectivity index (χ4v) is 9.47. The number of aromatic nitrogens is 3. The summed E-state index contributed by atoms with van der Waals surface area (Å²) in [6.07, 6.45) is 0. The van der Waals surface area contributed by atoms with Gasteiger partial charge >= 0.3 is 256 Å². The molecule has 0 aliphatic heterocycles. The Labute approximate surface area is 255 Å². The fraction of sp³-hybridized carbons (Fsp3) is 0.297. The van der Waals surface area contributed by atoms with Gasteiger partial charge in [-0.15, -0.1) is 0 Å². The molecule has 0 unspecified atom stereocenters. The third-order valence-electron chi connectivity index (χ3n) is 8.42. The third-order valence-corrected chi connectivity index (χ3v) is 12.0. The summed E-state index contributed by atoms with van der Waals surface area (Å²) in [5.74, 6) is 0.811. The summed E-state index contributed by atoms with van der Waals surface area (Å²) < 4.78 is 40.6. The number of hydrogen-bond donors (Lipinski definition) is 0. The van der Waals surface area contributed by atoms with Crippen molar-refractivity contribution in [1.29, 1.82) is 0 Å². The SMILES string of the molecule is CC(C)c1cc(C(C)C)c(Cn2n[n+](C)c(-c3ccccc3)c2P(F)(F)(c2ccccc2)c2ccccc2)c(C(C)C)c1. The Balaban J connectivity index is 1.90. The van der Waals surface area contributed by atoms with Crippen LogP contribution in [0.2, 0.25) is 0 Å². The van der Waals surface area contributed by atoms with Crippen molar-refractivity contribution in [1.82, 2.24) is 9.90 Å². The number of rotatable bonds is 9. The summed E-state index contributed by atoms with van der Waals surface area (Å²) in [6, 6.07) is 30.8. The first kappa shape index (κ1) is 30.8. The van der Waals surface area contributed by atoms with Crippen LogP contribution in [0.1, 0.15) is 81.5 Å². The van der Waals surface area contributed by atoms with Gasteiger partial charge in [0.25, 0.3) is 0 Å². The summed E-state index contributed by atoms with van der Waals surface area (Å²) in [5, 5.41) is 4.95. The second-order valence-electron chi connectivity index (χ2n) is 12.4. The minimum atomic E-state index is -6.05. The zero-order chi connectivity index (χ0) is 31.0. The Hall–Kier alpha value is -3.69. The van der Waals surface area contributed by atoms with Crippen LogP contribution in [-0.2, 0) is 13.6 Å². The molecular weight excluding hydrogens is 555 g/mol. The molecule has 5 rings (SSSR count). The van der Waals surface area contributed by atoms with E-state index < -0.39 is 7.22 Å². The fourth-order valence-electron chi connectivity index (χ4n) is 6.13. The van der Waals surface area contributed by atoms with Crippen LogP contribution in [0, 0.1) is 0 Å². The molecule has 43 heavy (non-hydrogen) atoms. The molecule has 0 bridgehead atoms. The monoisotopic (exact) mass is 598 g/mol. The van der Waals surface area contributed by atoms with E-state index in [2.05, 4.69) is 53.7 Å². The number of benzene rings is 4. The van der Waals surface area contributed by atoms with E-state index >= 15 is 8.39 Å². The molecule has 0 saturated heterocycles. The van der Waals surface area contributed by atoms with Crippen LogP contribution in [0.15, 0.2) is 103 Å². The second kappa shape index (κ2) is 11.8. The molecule has 0 fully saturated rings. The Morgan fingerprint density at radius 1 is 0.674 bits per heavy atom. The number of hydrogen-bond acceptors (Lipinski definition) is 1. The first-order valence-corrected chi connectivity index (χ1v) is 17.2. The van der Waals surface area contributed by atoms with Crippen LogP contribution in [0.3, 0.4) is 0 Å². The molecular formula is C37H43F2N3P+. The van der Waals surface area contributed by atoms with Crippen LogP contribution in [0.4, 0.5) is 8.39 Å². The molecule has 6 heteroatoms. The van der Waals surface area contributed by atoms with E-state index in [4.69, 9.17) is 5.21 Å². The van der Waals surface area contributed by atoms with E-state index in [-0.39, 0.29) is 34.4 Å². The molecule has 0 amide bonds. The standard InChI is InChI=1S/C37H43F2N3P/c1-26(2)30-23-33(27(3)4)35(34(24-30)28(5)6)25-42-37(36(41(7)40-42)29-17-11-8-12-18-29)43(38,39,31-19-13-9-14-20-31)32-21-15-10-16-22-32/h8-24,26-28H,25H2,1-7H3/q+1. The van der Waals surface area contributed by atoms with Gasteiger partial charge in [0, 0.05) is 0 Å². The van der Waals surface area contributed by atoms with E-state index in [0.717, 1.165) is 5.56 Å². The maximum atomic E-state index is 18.7. The summed E-state index contributed by atoms with van der Waals surface area (Å²) in [6.45, 7) is 13.4. The first-order chi connectivity index (χ1) is 20.4. The van der Waals surface area contributed by atoms with Crippen molar-refractivity contribution in [3.05, 3.63) is 125 Å². The molecule has 0 spiro atoms. The number of aryl methyl sites for hydroxylation is 1. The van der Waals surface area contributed by atoms with Gasteiger partial charge in [-0.05, 0) is 0 Å². The van der Waals surface area contributed by atoms with Crippen LogP contribution in [-0.4, -0.2) is 9.90 Å². The summed E-state index contributed by atoms with van der Waals surface area (Å²) in [5.41, 5.74) is 5.87. The van der Waals surface area contributed by atoms with E-state index in [1.807, 2.05) is 30.3 Å². The van der Waals surface area contributed by atoms with Crippen LogP contribution in [0.5, 0.6) is 0 Å². The minimum absolute atomic E-state index is 0.0190. The van der Waals surface area contributed by atoms with Gasteiger partial charge in [-0.25, -0.2) is 0 Å². The van der Waals surface area contributed by atoms with Crippen LogP contribution in [0.25, 0.3) is 11.3 Å². The second-order valence-corrected chi connectivity index (χ2v) is 15.7. The molecule has 0 atom stereocenters. The predicted molar refractivity (Wildman–Crippen MR) is 178 cm³/mol. The normalized spacial score (nSPS) is 13.1. The van der Waals surface area contributed by atoms with Gasteiger partial charge in [0.05, 0.1) is 0 Å². The van der Waals surface area contributed by atoms with Gasteiger partial charge < -0.3 is 0 Å². The van der Waals surface area contributed by atoms with Crippen molar-refractivity contribution >= 4 is 23.3 Å². The Morgan fingerprint density at radius 2 is 1.12 bits per heavy atom. The summed E-state index contributed by atoms with van der Waals surface area (Å²) >= 11 is 0. The Kier molecular flexibility index (Phi) is 8.42. The predicted octanol–water partition coefficient (Wildman–Crippen LogP) is 8.39.